The Balaban J connectivity index is 2.15. The second-order valence-electron chi connectivity index (χ2n) is 4.24. The number of hydrogen-bond acceptors (Lipinski definition) is 5. The summed E-state index contributed by atoms with van der Waals surface area (Å²) in [5.74, 6) is 0.477. The van der Waals surface area contributed by atoms with Crippen molar-refractivity contribution in [2.45, 2.75) is 13.5 Å². The van der Waals surface area contributed by atoms with Crippen molar-refractivity contribution in [3.63, 3.8) is 0 Å². The lowest BCUT2D eigenvalue weighted by molar-refractivity contribution is -0.384. The molecule has 0 unspecified atom stereocenters. The van der Waals surface area contributed by atoms with Crippen LogP contribution < -0.4 is 10.1 Å². The van der Waals surface area contributed by atoms with E-state index in [0.717, 1.165) is 5.69 Å². The van der Waals surface area contributed by atoms with Crippen molar-refractivity contribution in [2.75, 3.05) is 11.9 Å². The molecule has 0 aliphatic rings. The lowest BCUT2D eigenvalue weighted by Gasteiger charge is -2.08. The number of aromatic nitrogens is 2. The minimum atomic E-state index is -0.436. The number of aryl methyl sites for hydroxylation is 1. The summed E-state index contributed by atoms with van der Waals surface area (Å²) in [5.41, 5.74) is 1.49. The van der Waals surface area contributed by atoms with Crippen LogP contribution in [0.15, 0.2) is 30.5 Å². The predicted octanol–water partition coefficient (Wildman–Crippen LogP) is 2.34. The van der Waals surface area contributed by atoms with E-state index < -0.39 is 4.92 Å². The minimum absolute atomic E-state index is 0.000490. The van der Waals surface area contributed by atoms with Gasteiger partial charge in [-0.1, -0.05) is 0 Å². The lowest BCUT2D eigenvalue weighted by Crippen LogP contribution is -2.02. The number of nitro benzene ring substituents is 1. The summed E-state index contributed by atoms with van der Waals surface area (Å²) in [7, 11) is 1.84. The van der Waals surface area contributed by atoms with E-state index in [-0.39, 0.29) is 5.69 Å². The maximum absolute atomic E-state index is 10.9. The van der Waals surface area contributed by atoms with E-state index >= 15 is 0 Å². The van der Waals surface area contributed by atoms with Crippen LogP contribution in [0, 0.1) is 10.1 Å². The van der Waals surface area contributed by atoms with Crippen LogP contribution >= 0.6 is 0 Å². The second-order valence-corrected chi connectivity index (χ2v) is 4.24. The molecular weight excluding hydrogens is 260 g/mol. The van der Waals surface area contributed by atoms with E-state index in [4.69, 9.17) is 4.74 Å². The zero-order chi connectivity index (χ0) is 14.5. The summed E-state index contributed by atoms with van der Waals surface area (Å²) in [5, 5.41) is 18.2. The van der Waals surface area contributed by atoms with Gasteiger partial charge in [0.25, 0.3) is 5.69 Å². The molecule has 2 aromatic rings. The van der Waals surface area contributed by atoms with Crippen LogP contribution in [-0.4, -0.2) is 21.3 Å². The lowest BCUT2D eigenvalue weighted by atomic mass is 10.2. The molecule has 7 nitrogen and oxygen atoms in total. The summed E-state index contributed by atoms with van der Waals surface area (Å²) in [4.78, 5) is 10.5. The third-order valence-electron chi connectivity index (χ3n) is 2.66. The molecule has 2 rings (SSSR count). The third-order valence-corrected chi connectivity index (χ3v) is 2.66. The Labute approximate surface area is 116 Å². The molecule has 0 saturated heterocycles. The standard InChI is InChI=1S/C13H16N4O3/c1-3-20-13-7-11(6-12(8-13)17(18)19)14-9-10-4-5-16(2)15-10/h4-8,14H,3,9H2,1-2H3. The number of benzene rings is 1. The number of rotatable bonds is 6. The maximum atomic E-state index is 10.9. The van der Waals surface area contributed by atoms with E-state index in [1.807, 2.05) is 26.2 Å². The van der Waals surface area contributed by atoms with Crippen molar-refractivity contribution in [3.8, 4) is 5.75 Å². The largest absolute Gasteiger partial charge is 0.494 e. The maximum Gasteiger partial charge on any atom is 0.275 e. The van der Waals surface area contributed by atoms with Crippen molar-refractivity contribution in [1.82, 2.24) is 9.78 Å². The SMILES string of the molecule is CCOc1cc(NCc2ccn(C)n2)cc([N+](=O)[O-])c1. The molecule has 0 aliphatic carbocycles. The Bertz CT molecular complexity index is 609. The fourth-order valence-corrected chi connectivity index (χ4v) is 1.79. The minimum Gasteiger partial charge on any atom is -0.494 e. The number of nitrogens with zero attached hydrogens (tertiary/aromatic N) is 3. The molecule has 20 heavy (non-hydrogen) atoms. The Morgan fingerprint density at radius 1 is 1.45 bits per heavy atom. The average Bonchev–Trinajstić information content (AvgIpc) is 2.82. The number of nitrogens with one attached hydrogen (secondary N) is 1. The van der Waals surface area contributed by atoms with Gasteiger partial charge in [0.15, 0.2) is 0 Å². The van der Waals surface area contributed by atoms with E-state index in [9.17, 15) is 10.1 Å². The number of ether oxygens (including phenoxy) is 1. The fraction of sp³-hybridized carbons (Fsp3) is 0.308. The van der Waals surface area contributed by atoms with Gasteiger partial charge >= 0.3 is 0 Å². The van der Waals surface area contributed by atoms with Gasteiger partial charge in [-0.05, 0) is 13.0 Å². The van der Waals surface area contributed by atoms with E-state index in [1.54, 1.807) is 10.7 Å². The van der Waals surface area contributed by atoms with Gasteiger partial charge < -0.3 is 10.1 Å². The Kier molecular flexibility index (Phi) is 4.19. The van der Waals surface area contributed by atoms with Crippen LogP contribution in [0.3, 0.4) is 0 Å². The first-order valence-electron chi connectivity index (χ1n) is 6.23. The van der Waals surface area contributed by atoms with Crippen molar-refractivity contribution in [2.24, 2.45) is 7.05 Å². The number of hydrogen-bond donors (Lipinski definition) is 1. The molecule has 0 radical (unpaired) electrons. The average molecular weight is 276 g/mol. The first-order valence-corrected chi connectivity index (χ1v) is 6.23. The zero-order valence-electron chi connectivity index (χ0n) is 11.4. The monoisotopic (exact) mass is 276 g/mol. The van der Waals surface area contributed by atoms with Crippen molar-refractivity contribution in [3.05, 3.63) is 46.3 Å². The summed E-state index contributed by atoms with van der Waals surface area (Å²) < 4.78 is 7.03. The second kappa shape index (κ2) is 6.05. The number of non-ortho nitro benzene ring substituents is 1. The molecule has 1 aromatic carbocycles. The molecule has 106 valence electrons. The fourth-order valence-electron chi connectivity index (χ4n) is 1.79. The van der Waals surface area contributed by atoms with Gasteiger partial charge in [-0.2, -0.15) is 5.10 Å². The molecule has 7 heteroatoms. The van der Waals surface area contributed by atoms with Gasteiger partial charge in [0.1, 0.15) is 5.75 Å². The van der Waals surface area contributed by atoms with Gasteiger partial charge in [-0.3, -0.25) is 14.8 Å². The van der Waals surface area contributed by atoms with Gasteiger partial charge in [-0.15, -0.1) is 0 Å². The molecule has 1 heterocycles. The molecule has 0 aliphatic heterocycles. The smallest absolute Gasteiger partial charge is 0.275 e. The molecule has 1 N–H and O–H groups in total. The van der Waals surface area contributed by atoms with E-state index in [0.29, 0.717) is 24.6 Å². The normalized spacial score (nSPS) is 10.3. The molecule has 0 fully saturated rings. The van der Waals surface area contributed by atoms with Crippen LogP contribution in [0.2, 0.25) is 0 Å². The highest BCUT2D eigenvalue weighted by atomic mass is 16.6. The van der Waals surface area contributed by atoms with Gasteiger partial charge in [0.2, 0.25) is 0 Å². The number of anilines is 1. The molecule has 1 aromatic heterocycles. The quantitative estimate of drug-likeness (QED) is 0.646. The summed E-state index contributed by atoms with van der Waals surface area (Å²) >= 11 is 0. The highest BCUT2D eigenvalue weighted by molar-refractivity contribution is 5.56. The van der Waals surface area contributed by atoms with Crippen molar-refractivity contribution < 1.29 is 9.66 Å². The first-order chi connectivity index (χ1) is 9.58. The number of nitro groups is 1. The van der Waals surface area contributed by atoms with Crippen LogP contribution in [0.1, 0.15) is 12.6 Å². The molecule has 0 saturated carbocycles. The van der Waals surface area contributed by atoms with Gasteiger partial charge in [-0.25, -0.2) is 0 Å². The third kappa shape index (κ3) is 3.47. The highest BCUT2D eigenvalue weighted by Crippen LogP contribution is 2.26. The molecule has 0 amide bonds. The van der Waals surface area contributed by atoms with Crippen LogP contribution in [-0.2, 0) is 13.6 Å². The molecule has 0 bridgehead atoms. The van der Waals surface area contributed by atoms with Crippen LogP contribution in [0.4, 0.5) is 11.4 Å². The first kappa shape index (κ1) is 13.9. The summed E-state index contributed by atoms with van der Waals surface area (Å²) in [6.45, 7) is 2.79. The topological polar surface area (TPSA) is 82.2 Å². The van der Waals surface area contributed by atoms with Crippen molar-refractivity contribution in [1.29, 1.82) is 0 Å². The molecule has 0 spiro atoms. The van der Waals surface area contributed by atoms with E-state index in [1.165, 1.54) is 12.1 Å². The molecule has 0 atom stereocenters. The van der Waals surface area contributed by atoms with E-state index in [2.05, 4.69) is 10.4 Å². The Morgan fingerprint density at radius 3 is 2.85 bits per heavy atom. The highest BCUT2D eigenvalue weighted by Gasteiger charge is 2.10. The van der Waals surface area contributed by atoms with Gasteiger partial charge in [0.05, 0.1) is 29.8 Å². The molecular formula is C13H16N4O3. The summed E-state index contributed by atoms with van der Waals surface area (Å²) in [6.07, 6.45) is 1.84. The Morgan fingerprint density at radius 2 is 2.25 bits per heavy atom. The van der Waals surface area contributed by atoms with Crippen LogP contribution in [0.25, 0.3) is 0 Å². The van der Waals surface area contributed by atoms with Crippen LogP contribution in [0.5, 0.6) is 5.75 Å². The Hall–Kier alpha value is -2.57. The summed E-state index contributed by atoms with van der Waals surface area (Å²) in [6, 6.07) is 6.51. The van der Waals surface area contributed by atoms with Crippen molar-refractivity contribution >= 4 is 11.4 Å². The zero-order valence-corrected chi connectivity index (χ0v) is 11.4. The van der Waals surface area contributed by atoms with Gasteiger partial charge in [0, 0.05) is 31.1 Å². The predicted molar refractivity (Wildman–Crippen MR) is 74.8 cm³/mol.